The van der Waals surface area contributed by atoms with Gasteiger partial charge in [-0.1, -0.05) is 17.7 Å². The average Bonchev–Trinajstić information content (AvgIpc) is 3.15. The SMILES string of the molecule is COc1ccc(C(CNC(=O)c2ccc(Cl)s2)N2CCOCC2)cc1OC. The Bertz CT molecular complexity index is 777. The number of methoxy groups -OCH3 is 2. The van der Waals surface area contributed by atoms with E-state index < -0.39 is 0 Å². The molecule has 8 heteroatoms. The molecule has 146 valence electrons. The fourth-order valence-corrected chi connectivity index (χ4v) is 4.08. The number of benzene rings is 1. The van der Waals surface area contributed by atoms with Gasteiger partial charge in [-0.15, -0.1) is 11.3 Å². The van der Waals surface area contributed by atoms with Crippen LogP contribution in [0.25, 0.3) is 0 Å². The molecule has 0 radical (unpaired) electrons. The summed E-state index contributed by atoms with van der Waals surface area (Å²) >= 11 is 7.21. The quantitative estimate of drug-likeness (QED) is 0.759. The van der Waals surface area contributed by atoms with Gasteiger partial charge in [-0.3, -0.25) is 9.69 Å². The van der Waals surface area contributed by atoms with E-state index >= 15 is 0 Å². The molecule has 2 aromatic rings. The molecular formula is C19H23ClN2O4S. The Morgan fingerprint density at radius 3 is 2.59 bits per heavy atom. The monoisotopic (exact) mass is 410 g/mol. The highest BCUT2D eigenvalue weighted by Crippen LogP contribution is 2.32. The largest absolute Gasteiger partial charge is 0.493 e. The van der Waals surface area contributed by atoms with E-state index in [2.05, 4.69) is 10.2 Å². The number of carbonyl (C=O) groups excluding carboxylic acids is 1. The molecular weight excluding hydrogens is 388 g/mol. The predicted molar refractivity (Wildman–Crippen MR) is 106 cm³/mol. The number of carbonyl (C=O) groups is 1. The zero-order chi connectivity index (χ0) is 19.2. The van der Waals surface area contributed by atoms with Crippen LogP contribution in [0.2, 0.25) is 4.34 Å². The summed E-state index contributed by atoms with van der Waals surface area (Å²) in [7, 11) is 3.23. The average molecular weight is 411 g/mol. The molecule has 1 aromatic heterocycles. The van der Waals surface area contributed by atoms with Gasteiger partial charge in [0.2, 0.25) is 0 Å². The lowest BCUT2D eigenvalue weighted by molar-refractivity contribution is 0.0162. The van der Waals surface area contributed by atoms with E-state index in [4.69, 9.17) is 25.8 Å². The zero-order valence-electron chi connectivity index (χ0n) is 15.4. The standard InChI is InChI=1S/C19H23ClN2O4S/c1-24-15-4-3-13(11-16(15)25-2)14(22-7-9-26-10-8-22)12-21-19(23)17-5-6-18(20)27-17/h3-6,11,14H,7-10,12H2,1-2H3,(H,21,23). The molecule has 0 saturated carbocycles. The number of morpholine rings is 1. The first-order valence-corrected chi connectivity index (χ1v) is 9.89. The molecule has 1 amide bonds. The number of halogens is 1. The Hall–Kier alpha value is -1.80. The maximum Gasteiger partial charge on any atom is 0.261 e. The molecule has 0 spiro atoms. The Morgan fingerprint density at radius 1 is 1.22 bits per heavy atom. The molecule has 0 aliphatic carbocycles. The second-order valence-corrected chi connectivity index (χ2v) is 7.81. The molecule has 0 bridgehead atoms. The van der Waals surface area contributed by atoms with Crippen molar-refractivity contribution in [1.29, 1.82) is 0 Å². The van der Waals surface area contributed by atoms with Crippen molar-refractivity contribution in [2.45, 2.75) is 6.04 Å². The Labute approximate surface area is 168 Å². The van der Waals surface area contributed by atoms with E-state index in [-0.39, 0.29) is 11.9 Å². The molecule has 1 aliphatic heterocycles. The predicted octanol–water partition coefficient (Wildman–Crippen LogP) is 3.22. The maximum absolute atomic E-state index is 12.5. The van der Waals surface area contributed by atoms with E-state index in [1.165, 1.54) is 11.3 Å². The first-order valence-electron chi connectivity index (χ1n) is 8.69. The lowest BCUT2D eigenvalue weighted by atomic mass is 10.0. The van der Waals surface area contributed by atoms with Crippen molar-refractivity contribution in [3.8, 4) is 11.5 Å². The summed E-state index contributed by atoms with van der Waals surface area (Å²) in [5, 5.41) is 3.03. The summed E-state index contributed by atoms with van der Waals surface area (Å²) in [6.45, 7) is 3.44. The number of hydrogen-bond acceptors (Lipinski definition) is 6. The van der Waals surface area contributed by atoms with Gasteiger partial charge in [0.1, 0.15) is 0 Å². The smallest absolute Gasteiger partial charge is 0.261 e. The normalized spacial score (nSPS) is 16.0. The Kier molecular flexibility index (Phi) is 6.95. The zero-order valence-corrected chi connectivity index (χ0v) is 16.9. The van der Waals surface area contributed by atoms with E-state index in [0.717, 1.165) is 18.7 Å². The molecule has 1 N–H and O–H groups in total. The van der Waals surface area contributed by atoms with Crippen molar-refractivity contribution < 1.29 is 19.0 Å². The lowest BCUT2D eigenvalue weighted by Gasteiger charge is -2.35. The summed E-state index contributed by atoms with van der Waals surface area (Å²) in [6.07, 6.45) is 0. The van der Waals surface area contributed by atoms with Gasteiger partial charge in [-0.2, -0.15) is 0 Å². The molecule has 2 heterocycles. The third-order valence-corrected chi connectivity index (χ3v) is 5.76. The lowest BCUT2D eigenvalue weighted by Crippen LogP contribution is -2.43. The molecule has 27 heavy (non-hydrogen) atoms. The van der Waals surface area contributed by atoms with Gasteiger partial charge < -0.3 is 19.5 Å². The van der Waals surface area contributed by atoms with Crippen LogP contribution in [-0.4, -0.2) is 57.9 Å². The van der Waals surface area contributed by atoms with Gasteiger partial charge in [-0.05, 0) is 29.8 Å². The van der Waals surface area contributed by atoms with Crippen molar-refractivity contribution >= 4 is 28.8 Å². The van der Waals surface area contributed by atoms with E-state index in [9.17, 15) is 4.79 Å². The van der Waals surface area contributed by atoms with Gasteiger partial charge in [0.05, 0.1) is 42.7 Å². The van der Waals surface area contributed by atoms with Crippen LogP contribution in [0.15, 0.2) is 30.3 Å². The maximum atomic E-state index is 12.5. The number of nitrogens with zero attached hydrogens (tertiary/aromatic N) is 1. The number of thiophene rings is 1. The summed E-state index contributed by atoms with van der Waals surface area (Å²) < 4.78 is 16.9. The molecule has 1 saturated heterocycles. The first kappa shape index (κ1) is 19.9. The third-order valence-electron chi connectivity index (χ3n) is 4.53. The molecule has 6 nitrogen and oxygen atoms in total. The van der Waals surface area contributed by atoms with Crippen LogP contribution in [0.4, 0.5) is 0 Å². The topological polar surface area (TPSA) is 60.0 Å². The van der Waals surface area contributed by atoms with Crippen LogP contribution in [0.5, 0.6) is 11.5 Å². The van der Waals surface area contributed by atoms with Crippen molar-refractivity contribution in [2.24, 2.45) is 0 Å². The highest BCUT2D eigenvalue weighted by Gasteiger charge is 2.24. The fourth-order valence-electron chi connectivity index (χ4n) is 3.12. The number of ether oxygens (including phenoxy) is 3. The van der Waals surface area contributed by atoms with Crippen LogP contribution in [0.1, 0.15) is 21.3 Å². The summed E-state index contributed by atoms with van der Waals surface area (Å²) in [5.74, 6) is 1.23. The fraction of sp³-hybridized carbons (Fsp3) is 0.421. The van der Waals surface area contributed by atoms with Gasteiger partial charge in [0.25, 0.3) is 5.91 Å². The van der Waals surface area contributed by atoms with E-state index in [1.807, 2.05) is 18.2 Å². The van der Waals surface area contributed by atoms with Crippen molar-refractivity contribution in [3.63, 3.8) is 0 Å². The summed E-state index contributed by atoms with van der Waals surface area (Å²) in [6, 6.07) is 9.34. The number of amides is 1. The third kappa shape index (κ3) is 4.93. The number of hydrogen-bond donors (Lipinski definition) is 1. The molecule has 1 unspecified atom stereocenters. The van der Waals surface area contributed by atoms with Gasteiger partial charge in [0.15, 0.2) is 11.5 Å². The number of rotatable bonds is 7. The minimum Gasteiger partial charge on any atom is -0.493 e. The molecule has 1 aliphatic rings. The van der Waals surface area contributed by atoms with Gasteiger partial charge in [0, 0.05) is 19.6 Å². The minimum atomic E-state index is -0.120. The summed E-state index contributed by atoms with van der Waals surface area (Å²) in [4.78, 5) is 15.4. The van der Waals surface area contributed by atoms with E-state index in [1.54, 1.807) is 26.4 Å². The first-order chi connectivity index (χ1) is 13.1. The molecule has 3 rings (SSSR count). The number of nitrogens with one attached hydrogen (secondary N) is 1. The van der Waals surface area contributed by atoms with Crippen LogP contribution in [-0.2, 0) is 4.74 Å². The second kappa shape index (κ2) is 9.41. The van der Waals surface area contributed by atoms with Crippen molar-refractivity contribution in [2.75, 3.05) is 47.1 Å². The van der Waals surface area contributed by atoms with Crippen molar-refractivity contribution in [3.05, 3.63) is 45.1 Å². The van der Waals surface area contributed by atoms with Gasteiger partial charge >= 0.3 is 0 Å². The van der Waals surface area contributed by atoms with Crippen LogP contribution >= 0.6 is 22.9 Å². The highest BCUT2D eigenvalue weighted by atomic mass is 35.5. The molecule has 1 aromatic carbocycles. The molecule has 1 atom stereocenters. The van der Waals surface area contributed by atoms with Crippen LogP contribution in [0.3, 0.4) is 0 Å². The Balaban J connectivity index is 1.79. The minimum absolute atomic E-state index is 0.00749. The summed E-state index contributed by atoms with van der Waals surface area (Å²) in [5.41, 5.74) is 1.05. The second-order valence-electron chi connectivity index (χ2n) is 6.09. The van der Waals surface area contributed by atoms with Crippen LogP contribution in [0, 0.1) is 0 Å². The molecule has 1 fully saturated rings. The van der Waals surface area contributed by atoms with E-state index in [0.29, 0.717) is 40.5 Å². The highest BCUT2D eigenvalue weighted by molar-refractivity contribution is 7.17. The van der Waals surface area contributed by atoms with Crippen molar-refractivity contribution in [1.82, 2.24) is 10.2 Å². The van der Waals surface area contributed by atoms with Crippen LogP contribution < -0.4 is 14.8 Å². The Morgan fingerprint density at radius 2 is 1.96 bits per heavy atom. The van der Waals surface area contributed by atoms with Gasteiger partial charge in [-0.25, -0.2) is 0 Å².